The van der Waals surface area contributed by atoms with Crippen molar-refractivity contribution >= 4 is 5.91 Å². The smallest absolute Gasteiger partial charge is 0.234 e. The van der Waals surface area contributed by atoms with E-state index in [0.29, 0.717) is 19.0 Å². The number of piperidine rings is 1. The molecule has 1 aromatic heterocycles. The van der Waals surface area contributed by atoms with Gasteiger partial charge in [0.25, 0.3) is 0 Å². The van der Waals surface area contributed by atoms with E-state index in [2.05, 4.69) is 20.1 Å². The fourth-order valence-corrected chi connectivity index (χ4v) is 3.22. The zero-order valence-corrected chi connectivity index (χ0v) is 14.8. The van der Waals surface area contributed by atoms with Gasteiger partial charge in [-0.05, 0) is 58.0 Å². The molecule has 1 aliphatic rings. The zero-order valence-electron chi connectivity index (χ0n) is 14.8. The SMILES string of the molecule is C[C@@H](O)CN1CCC(CN(C)CC(=O)NCc2ccccn2)CC1. The topological polar surface area (TPSA) is 68.7 Å². The summed E-state index contributed by atoms with van der Waals surface area (Å²) >= 11 is 0. The molecule has 1 fully saturated rings. The average Bonchev–Trinajstić information content (AvgIpc) is 2.55. The van der Waals surface area contributed by atoms with Gasteiger partial charge in [-0.25, -0.2) is 0 Å². The number of likely N-dealkylation sites (N-methyl/N-ethyl adjacent to an activating group) is 1. The van der Waals surface area contributed by atoms with Gasteiger partial charge in [-0.3, -0.25) is 14.7 Å². The van der Waals surface area contributed by atoms with E-state index in [4.69, 9.17) is 0 Å². The normalized spacial score (nSPS) is 17.8. The van der Waals surface area contributed by atoms with Crippen LogP contribution < -0.4 is 5.32 Å². The second-order valence-corrected chi connectivity index (χ2v) is 6.89. The number of hydrogen-bond donors (Lipinski definition) is 2. The van der Waals surface area contributed by atoms with Crippen LogP contribution in [0.5, 0.6) is 0 Å². The largest absolute Gasteiger partial charge is 0.392 e. The quantitative estimate of drug-likeness (QED) is 0.733. The second-order valence-electron chi connectivity index (χ2n) is 6.89. The van der Waals surface area contributed by atoms with Gasteiger partial charge < -0.3 is 15.3 Å². The predicted octanol–water partition coefficient (Wildman–Crippen LogP) is 0.722. The van der Waals surface area contributed by atoms with Gasteiger partial charge in [-0.15, -0.1) is 0 Å². The first-order valence-electron chi connectivity index (χ1n) is 8.78. The first kappa shape index (κ1) is 18.8. The van der Waals surface area contributed by atoms with E-state index < -0.39 is 0 Å². The molecule has 0 bridgehead atoms. The molecular formula is C18H30N4O2. The van der Waals surface area contributed by atoms with Crippen LogP contribution >= 0.6 is 0 Å². The van der Waals surface area contributed by atoms with E-state index in [1.54, 1.807) is 6.20 Å². The molecule has 0 radical (unpaired) electrons. The highest BCUT2D eigenvalue weighted by Crippen LogP contribution is 2.18. The molecule has 6 heteroatoms. The molecule has 0 aliphatic carbocycles. The van der Waals surface area contributed by atoms with Crippen molar-refractivity contribution in [1.29, 1.82) is 0 Å². The maximum absolute atomic E-state index is 12.0. The Kier molecular flexibility index (Phi) is 7.62. The van der Waals surface area contributed by atoms with Gasteiger partial charge in [0.1, 0.15) is 0 Å². The zero-order chi connectivity index (χ0) is 17.4. The molecule has 1 amide bonds. The van der Waals surface area contributed by atoms with Crippen molar-refractivity contribution in [2.75, 3.05) is 39.8 Å². The number of rotatable bonds is 8. The molecule has 2 rings (SSSR count). The number of amides is 1. The van der Waals surface area contributed by atoms with Gasteiger partial charge in [0.15, 0.2) is 0 Å². The predicted molar refractivity (Wildman–Crippen MR) is 94.4 cm³/mol. The molecule has 1 aromatic rings. The summed E-state index contributed by atoms with van der Waals surface area (Å²) in [5.74, 6) is 0.665. The van der Waals surface area contributed by atoms with Crippen molar-refractivity contribution in [3.05, 3.63) is 30.1 Å². The molecular weight excluding hydrogens is 304 g/mol. The number of pyridine rings is 1. The molecule has 0 aromatic carbocycles. The van der Waals surface area contributed by atoms with Gasteiger partial charge in [0.05, 0.1) is 24.9 Å². The van der Waals surface area contributed by atoms with Crippen molar-refractivity contribution in [3.63, 3.8) is 0 Å². The second kappa shape index (κ2) is 9.71. The Morgan fingerprint density at radius 1 is 1.46 bits per heavy atom. The molecule has 134 valence electrons. The Morgan fingerprint density at radius 2 is 2.21 bits per heavy atom. The van der Waals surface area contributed by atoms with Gasteiger partial charge in [-0.2, -0.15) is 0 Å². The van der Waals surface area contributed by atoms with Crippen molar-refractivity contribution < 1.29 is 9.90 Å². The Labute approximate surface area is 144 Å². The van der Waals surface area contributed by atoms with Crippen molar-refractivity contribution in [2.24, 2.45) is 5.92 Å². The van der Waals surface area contributed by atoms with Gasteiger partial charge in [0, 0.05) is 19.3 Å². The average molecular weight is 334 g/mol. The molecule has 0 saturated carbocycles. The number of β-amino-alcohol motifs (C(OH)–C–C–N with tert-alkyl or cyclic N) is 1. The summed E-state index contributed by atoms with van der Waals surface area (Å²) in [6, 6.07) is 5.70. The van der Waals surface area contributed by atoms with E-state index in [9.17, 15) is 9.90 Å². The lowest BCUT2D eigenvalue weighted by Crippen LogP contribution is -2.42. The number of likely N-dealkylation sites (tertiary alicyclic amines) is 1. The highest BCUT2D eigenvalue weighted by atomic mass is 16.3. The van der Waals surface area contributed by atoms with Crippen LogP contribution in [0.1, 0.15) is 25.5 Å². The number of hydrogen-bond acceptors (Lipinski definition) is 5. The maximum atomic E-state index is 12.0. The van der Waals surface area contributed by atoms with Crippen LogP contribution in [-0.4, -0.2) is 71.7 Å². The number of aromatic nitrogens is 1. The van der Waals surface area contributed by atoms with E-state index in [0.717, 1.165) is 44.7 Å². The van der Waals surface area contributed by atoms with E-state index in [1.807, 2.05) is 32.2 Å². The van der Waals surface area contributed by atoms with Crippen molar-refractivity contribution in [2.45, 2.75) is 32.4 Å². The Hall–Kier alpha value is -1.50. The van der Waals surface area contributed by atoms with Crippen LogP contribution in [0.4, 0.5) is 0 Å². The third-order valence-corrected chi connectivity index (χ3v) is 4.41. The molecule has 1 saturated heterocycles. The van der Waals surface area contributed by atoms with Gasteiger partial charge in [0.2, 0.25) is 5.91 Å². The summed E-state index contributed by atoms with van der Waals surface area (Å²) in [5, 5.41) is 12.4. The highest BCUT2D eigenvalue weighted by Gasteiger charge is 2.21. The monoisotopic (exact) mass is 334 g/mol. The van der Waals surface area contributed by atoms with E-state index >= 15 is 0 Å². The summed E-state index contributed by atoms with van der Waals surface area (Å²) in [4.78, 5) is 20.6. The lowest BCUT2D eigenvalue weighted by atomic mass is 9.96. The minimum absolute atomic E-state index is 0.0368. The van der Waals surface area contributed by atoms with Gasteiger partial charge in [-0.1, -0.05) is 6.07 Å². The Morgan fingerprint density at radius 3 is 2.83 bits per heavy atom. The van der Waals surface area contributed by atoms with Crippen LogP contribution in [0.25, 0.3) is 0 Å². The summed E-state index contributed by atoms with van der Waals surface area (Å²) in [6.07, 6.45) is 3.74. The van der Waals surface area contributed by atoms with Crippen molar-refractivity contribution in [1.82, 2.24) is 20.1 Å². The standard InChI is InChI=1S/C18H30N4O2/c1-15(23)12-22-9-6-16(7-10-22)13-21(2)14-18(24)20-11-17-5-3-4-8-19-17/h3-5,8,15-16,23H,6-7,9-14H2,1-2H3,(H,20,24)/t15-/m1/s1. The first-order valence-corrected chi connectivity index (χ1v) is 8.78. The van der Waals surface area contributed by atoms with Crippen molar-refractivity contribution in [3.8, 4) is 0 Å². The number of nitrogens with one attached hydrogen (secondary N) is 1. The number of aliphatic hydroxyl groups is 1. The fraction of sp³-hybridized carbons (Fsp3) is 0.667. The molecule has 1 atom stereocenters. The van der Waals surface area contributed by atoms with Gasteiger partial charge >= 0.3 is 0 Å². The third-order valence-electron chi connectivity index (χ3n) is 4.41. The Bertz CT molecular complexity index is 487. The molecule has 24 heavy (non-hydrogen) atoms. The molecule has 1 aliphatic heterocycles. The number of carbonyl (C=O) groups is 1. The summed E-state index contributed by atoms with van der Waals surface area (Å²) in [7, 11) is 2.00. The lowest BCUT2D eigenvalue weighted by molar-refractivity contribution is -0.122. The molecule has 0 unspecified atom stereocenters. The number of aliphatic hydroxyl groups excluding tert-OH is 1. The van der Waals surface area contributed by atoms with E-state index in [1.165, 1.54) is 0 Å². The number of carbonyl (C=O) groups excluding carboxylic acids is 1. The molecule has 0 spiro atoms. The van der Waals surface area contributed by atoms with Crippen LogP contribution in [0, 0.1) is 5.92 Å². The molecule has 6 nitrogen and oxygen atoms in total. The summed E-state index contributed by atoms with van der Waals surface area (Å²) in [6.45, 7) is 6.51. The third kappa shape index (κ3) is 6.95. The first-order chi connectivity index (χ1) is 11.5. The minimum Gasteiger partial charge on any atom is -0.392 e. The lowest BCUT2D eigenvalue weighted by Gasteiger charge is -2.34. The molecule has 2 N–H and O–H groups in total. The van der Waals surface area contributed by atoms with Crippen LogP contribution in [-0.2, 0) is 11.3 Å². The maximum Gasteiger partial charge on any atom is 0.234 e. The highest BCUT2D eigenvalue weighted by molar-refractivity contribution is 5.77. The van der Waals surface area contributed by atoms with Crippen LogP contribution in [0.15, 0.2) is 24.4 Å². The molecule has 2 heterocycles. The minimum atomic E-state index is -0.257. The number of nitrogens with zero attached hydrogens (tertiary/aromatic N) is 3. The fourth-order valence-electron chi connectivity index (χ4n) is 3.22. The van der Waals surface area contributed by atoms with E-state index in [-0.39, 0.29) is 12.0 Å². The summed E-state index contributed by atoms with van der Waals surface area (Å²) in [5.41, 5.74) is 0.874. The van der Waals surface area contributed by atoms with Crippen LogP contribution in [0.3, 0.4) is 0 Å². The van der Waals surface area contributed by atoms with Crippen LogP contribution in [0.2, 0.25) is 0 Å². The Balaban J connectivity index is 1.62. The summed E-state index contributed by atoms with van der Waals surface area (Å²) < 4.78 is 0.